The highest BCUT2D eigenvalue weighted by molar-refractivity contribution is 7.99. The number of benzene rings is 2. The van der Waals surface area contributed by atoms with E-state index in [1.54, 1.807) is 18.2 Å². The third-order valence-corrected chi connectivity index (χ3v) is 7.41. The third kappa shape index (κ3) is 5.69. The van der Waals surface area contributed by atoms with Crippen LogP contribution in [-0.4, -0.2) is 24.9 Å². The predicted molar refractivity (Wildman–Crippen MR) is 120 cm³/mol. The molecular weight excluding hydrogens is 425 g/mol. The average Bonchev–Trinajstić information content (AvgIpc) is 3.56. The summed E-state index contributed by atoms with van der Waals surface area (Å²) >= 11 is 14.2. The van der Waals surface area contributed by atoms with Gasteiger partial charge in [-0.05, 0) is 73.4 Å². The number of carbonyl (C=O) groups excluding carboxylic acids is 1. The largest absolute Gasteiger partial charge is 0.381 e. The lowest BCUT2D eigenvalue weighted by atomic mass is 9.87. The average molecular weight is 450 g/mol. The van der Waals surface area contributed by atoms with E-state index in [2.05, 4.69) is 29.6 Å². The first-order valence-corrected chi connectivity index (χ1v) is 11.9. The summed E-state index contributed by atoms with van der Waals surface area (Å²) in [6.07, 6.45) is 4.60. The Bertz CT molecular complexity index is 848. The number of rotatable bonds is 7. The van der Waals surface area contributed by atoms with Gasteiger partial charge >= 0.3 is 0 Å². The molecule has 0 bridgehead atoms. The van der Waals surface area contributed by atoms with Crippen LogP contribution in [0, 0.1) is 11.8 Å². The van der Waals surface area contributed by atoms with Gasteiger partial charge in [-0.3, -0.25) is 4.79 Å². The molecule has 1 N–H and O–H groups in total. The number of thioether (sulfide) groups is 1. The standard InChI is InChI=1S/C23H25Cl2NO2S/c24-18-5-8-20(21(25)13-18)23(27)26-22(17-9-11-28-12-10-17)16-3-6-19(7-4-16)29-14-15-1-2-15/h3-8,13,15,17,22H,1-2,9-12,14H2,(H,26,27). The van der Waals surface area contributed by atoms with E-state index in [1.165, 1.54) is 23.5 Å². The van der Waals surface area contributed by atoms with Crippen LogP contribution in [0.1, 0.15) is 47.6 Å². The lowest BCUT2D eigenvalue weighted by molar-refractivity contribution is 0.0514. The van der Waals surface area contributed by atoms with E-state index in [0.717, 1.165) is 37.5 Å². The van der Waals surface area contributed by atoms with Crippen molar-refractivity contribution in [2.75, 3.05) is 19.0 Å². The SMILES string of the molecule is O=C(NC(c1ccc(SCC2CC2)cc1)C1CCOCC1)c1ccc(Cl)cc1Cl. The van der Waals surface area contributed by atoms with E-state index >= 15 is 0 Å². The van der Waals surface area contributed by atoms with Crippen molar-refractivity contribution in [2.45, 2.75) is 36.6 Å². The Hall–Kier alpha value is -1.20. The first-order chi connectivity index (χ1) is 14.1. The summed E-state index contributed by atoms with van der Waals surface area (Å²) in [6.45, 7) is 1.46. The van der Waals surface area contributed by atoms with E-state index in [-0.39, 0.29) is 11.9 Å². The molecule has 1 aliphatic heterocycles. The Kier molecular flexibility index (Phi) is 7.07. The lowest BCUT2D eigenvalue weighted by Gasteiger charge is -2.31. The van der Waals surface area contributed by atoms with Gasteiger partial charge in [0.15, 0.2) is 0 Å². The van der Waals surface area contributed by atoms with E-state index in [9.17, 15) is 4.79 Å². The maximum absolute atomic E-state index is 13.0. The van der Waals surface area contributed by atoms with E-state index < -0.39 is 0 Å². The van der Waals surface area contributed by atoms with Crippen molar-refractivity contribution >= 4 is 40.9 Å². The van der Waals surface area contributed by atoms with Gasteiger partial charge in [0, 0.05) is 28.9 Å². The van der Waals surface area contributed by atoms with Crippen LogP contribution in [0.3, 0.4) is 0 Å². The second-order valence-electron chi connectivity index (χ2n) is 7.85. The van der Waals surface area contributed by atoms with Crippen LogP contribution in [0.2, 0.25) is 10.0 Å². The molecule has 1 amide bonds. The summed E-state index contributed by atoms with van der Waals surface area (Å²) in [5.41, 5.74) is 1.58. The topological polar surface area (TPSA) is 38.3 Å². The van der Waals surface area contributed by atoms with E-state index in [4.69, 9.17) is 27.9 Å². The van der Waals surface area contributed by atoms with Crippen molar-refractivity contribution in [1.29, 1.82) is 0 Å². The van der Waals surface area contributed by atoms with Gasteiger partial charge < -0.3 is 10.1 Å². The number of ether oxygens (including phenoxy) is 1. The Morgan fingerprint density at radius 1 is 1.07 bits per heavy atom. The highest BCUT2D eigenvalue weighted by Gasteiger charge is 2.28. The Balaban J connectivity index is 1.51. The van der Waals surface area contributed by atoms with Crippen LogP contribution in [-0.2, 0) is 4.74 Å². The van der Waals surface area contributed by atoms with Crippen LogP contribution in [0.4, 0.5) is 0 Å². The molecule has 4 rings (SSSR count). The molecule has 1 saturated heterocycles. The fraction of sp³-hybridized carbons (Fsp3) is 0.435. The Labute approximate surface area is 186 Å². The quantitative estimate of drug-likeness (QED) is 0.497. The summed E-state index contributed by atoms with van der Waals surface area (Å²) in [5, 5.41) is 4.12. The van der Waals surface area contributed by atoms with Gasteiger partial charge in [0.1, 0.15) is 0 Å². The van der Waals surface area contributed by atoms with Crippen LogP contribution < -0.4 is 5.32 Å². The Morgan fingerprint density at radius 2 is 1.79 bits per heavy atom. The Morgan fingerprint density at radius 3 is 2.45 bits per heavy atom. The minimum absolute atomic E-state index is 0.0689. The zero-order valence-electron chi connectivity index (χ0n) is 16.2. The molecule has 154 valence electrons. The number of amides is 1. The van der Waals surface area contributed by atoms with Gasteiger partial charge in [0.2, 0.25) is 0 Å². The van der Waals surface area contributed by atoms with Gasteiger partial charge in [-0.25, -0.2) is 0 Å². The molecule has 0 spiro atoms. The van der Waals surface area contributed by atoms with Gasteiger partial charge in [0.25, 0.3) is 5.91 Å². The molecule has 2 aliphatic rings. The van der Waals surface area contributed by atoms with Gasteiger partial charge in [-0.1, -0.05) is 35.3 Å². The molecule has 6 heteroatoms. The summed E-state index contributed by atoms with van der Waals surface area (Å²) in [6, 6.07) is 13.6. The molecule has 2 aromatic carbocycles. The molecule has 0 radical (unpaired) electrons. The minimum atomic E-state index is -0.171. The van der Waals surface area contributed by atoms with E-state index in [0.29, 0.717) is 21.5 Å². The molecule has 1 saturated carbocycles. The van der Waals surface area contributed by atoms with Crippen molar-refractivity contribution in [2.24, 2.45) is 11.8 Å². The molecule has 2 fully saturated rings. The van der Waals surface area contributed by atoms with Gasteiger partial charge in [-0.2, -0.15) is 0 Å². The second-order valence-corrected chi connectivity index (χ2v) is 9.79. The number of hydrogen-bond donors (Lipinski definition) is 1. The molecule has 29 heavy (non-hydrogen) atoms. The maximum Gasteiger partial charge on any atom is 0.253 e. The fourth-order valence-electron chi connectivity index (χ4n) is 3.69. The smallest absolute Gasteiger partial charge is 0.253 e. The molecule has 1 unspecified atom stereocenters. The maximum atomic E-state index is 13.0. The van der Waals surface area contributed by atoms with Crippen molar-refractivity contribution < 1.29 is 9.53 Å². The predicted octanol–water partition coefficient (Wildman–Crippen LogP) is 6.39. The normalized spacial score (nSPS) is 18.4. The molecule has 2 aromatic rings. The van der Waals surface area contributed by atoms with Crippen molar-refractivity contribution in [3.05, 3.63) is 63.6 Å². The third-order valence-electron chi connectivity index (χ3n) is 5.62. The first kappa shape index (κ1) is 21.0. The first-order valence-electron chi connectivity index (χ1n) is 10.2. The fourth-order valence-corrected chi connectivity index (χ4v) is 5.27. The summed E-state index contributed by atoms with van der Waals surface area (Å²) in [5.74, 6) is 2.27. The zero-order valence-corrected chi connectivity index (χ0v) is 18.5. The number of nitrogens with one attached hydrogen (secondary N) is 1. The number of hydrogen-bond acceptors (Lipinski definition) is 3. The molecular formula is C23H25Cl2NO2S. The zero-order chi connectivity index (χ0) is 20.2. The lowest BCUT2D eigenvalue weighted by Crippen LogP contribution is -2.36. The van der Waals surface area contributed by atoms with Crippen LogP contribution in [0.15, 0.2) is 47.4 Å². The molecule has 1 atom stereocenters. The summed E-state index contributed by atoms with van der Waals surface area (Å²) < 4.78 is 5.54. The monoisotopic (exact) mass is 449 g/mol. The summed E-state index contributed by atoms with van der Waals surface area (Å²) in [7, 11) is 0. The summed E-state index contributed by atoms with van der Waals surface area (Å²) in [4.78, 5) is 14.3. The molecule has 1 aliphatic carbocycles. The van der Waals surface area contributed by atoms with Crippen LogP contribution >= 0.6 is 35.0 Å². The van der Waals surface area contributed by atoms with Crippen molar-refractivity contribution in [1.82, 2.24) is 5.32 Å². The molecule has 3 nitrogen and oxygen atoms in total. The second kappa shape index (κ2) is 9.74. The minimum Gasteiger partial charge on any atom is -0.381 e. The van der Waals surface area contributed by atoms with Crippen molar-refractivity contribution in [3.8, 4) is 0 Å². The van der Waals surface area contributed by atoms with Gasteiger partial charge in [-0.15, -0.1) is 11.8 Å². The number of carbonyl (C=O) groups is 1. The molecule has 1 heterocycles. The van der Waals surface area contributed by atoms with Crippen LogP contribution in [0.5, 0.6) is 0 Å². The highest BCUT2D eigenvalue weighted by atomic mass is 35.5. The number of halogens is 2. The van der Waals surface area contributed by atoms with E-state index in [1.807, 2.05) is 11.8 Å². The highest BCUT2D eigenvalue weighted by Crippen LogP contribution is 2.36. The van der Waals surface area contributed by atoms with Crippen molar-refractivity contribution in [3.63, 3.8) is 0 Å². The van der Waals surface area contributed by atoms with Gasteiger partial charge in [0.05, 0.1) is 16.6 Å². The molecule has 0 aromatic heterocycles. The van der Waals surface area contributed by atoms with Crippen LogP contribution in [0.25, 0.3) is 0 Å².